The minimum absolute atomic E-state index is 0.125. The number of furan rings is 1. The molecule has 0 unspecified atom stereocenters. The first kappa shape index (κ1) is 34.2. The molecule has 12 aromatic rings. The van der Waals surface area contributed by atoms with Crippen molar-refractivity contribution in [3.8, 4) is 22.3 Å². The molecule has 2 heteroatoms. The highest BCUT2D eigenvalue weighted by molar-refractivity contribution is 6.27. The largest absolute Gasteiger partial charge is 0.455 e. The van der Waals surface area contributed by atoms with Crippen LogP contribution in [0, 0.1) is 0 Å². The van der Waals surface area contributed by atoms with Crippen molar-refractivity contribution in [2.24, 2.45) is 0 Å². The molecule has 0 radical (unpaired) electrons. The summed E-state index contributed by atoms with van der Waals surface area (Å²) in [6.07, 6.45) is 0. The standard InChI is InChI=1S/C59H39NO/c1-59(2)54-22-12-11-21-49(54)50-29-26-41(34-55(50)59)60(40-25-23-36-13-3-4-14-37(36)31-40)42-27-30-51-53-32-38-15-5-6-16-43(38)57(58(53)61-56(51)35-42)39-24-28-48-46-19-8-7-17-44(46)45-18-9-10-20-47(45)52(48)33-39/h3-35H,1-2H3. The summed E-state index contributed by atoms with van der Waals surface area (Å²) in [7, 11) is 0. The Kier molecular flexibility index (Phi) is 7.10. The van der Waals surface area contributed by atoms with Crippen LogP contribution in [0.4, 0.5) is 17.1 Å². The third-order valence-corrected chi connectivity index (χ3v) is 13.6. The molecular formula is C59H39NO. The molecule has 0 N–H and O–H groups in total. The third-order valence-electron chi connectivity index (χ3n) is 13.6. The van der Waals surface area contributed by atoms with E-state index in [1.165, 1.54) is 76.1 Å². The SMILES string of the molecule is CC1(C)c2ccccc2-c2ccc(N(c3ccc4ccccc4c3)c3ccc4c(c3)oc3c(-c5ccc6c7ccccc7c7ccccc7c6c5)c5ccccc5cc34)cc21. The molecule has 1 aliphatic rings. The monoisotopic (exact) mass is 777 g/mol. The Hall–Kier alpha value is -7.68. The van der Waals surface area contributed by atoms with Gasteiger partial charge in [0.1, 0.15) is 11.2 Å². The van der Waals surface area contributed by atoms with Gasteiger partial charge >= 0.3 is 0 Å². The van der Waals surface area contributed by atoms with Gasteiger partial charge in [-0.15, -0.1) is 0 Å². The number of rotatable bonds is 4. The Morgan fingerprint density at radius 2 is 0.918 bits per heavy atom. The van der Waals surface area contributed by atoms with Crippen LogP contribution in [0.1, 0.15) is 25.0 Å². The second-order valence-corrected chi connectivity index (χ2v) is 17.3. The van der Waals surface area contributed by atoms with Gasteiger partial charge in [0.05, 0.1) is 0 Å². The van der Waals surface area contributed by atoms with E-state index >= 15 is 0 Å². The molecule has 0 spiro atoms. The maximum Gasteiger partial charge on any atom is 0.143 e. The molecule has 0 aliphatic heterocycles. The number of benzene rings is 11. The summed E-state index contributed by atoms with van der Waals surface area (Å²) in [6, 6.07) is 73.7. The van der Waals surface area contributed by atoms with Crippen LogP contribution in [0.2, 0.25) is 0 Å². The summed E-state index contributed by atoms with van der Waals surface area (Å²) in [5, 5.41) is 14.6. The highest BCUT2D eigenvalue weighted by Crippen LogP contribution is 2.51. The molecule has 0 saturated heterocycles. The average molecular weight is 778 g/mol. The molecule has 0 bridgehead atoms. The van der Waals surface area contributed by atoms with Crippen LogP contribution in [-0.2, 0) is 5.41 Å². The maximum atomic E-state index is 7.17. The van der Waals surface area contributed by atoms with Crippen molar-refractivity contribution in [2.45, 2.75) is 19.3 Å². The predicted molar refractivity (Wildman–Crippen MR) is 259 cm³/mol. The number of hydrogen-bond donors (Lipinski definition) is 0. The van der Waals surface area contributed by atoms with E-state index in [-0.39, 0.29) is 5.41 Å². The first-order valence-electron chi connectivity index (χ1n) is 21.2. The minimum atomic E-state index is -0.125. The fourth-order valence-corrected chi connectivity index (χ4v) is 10.6. The van der Waals surface area contributed by atoms with E-state index < -0.39 is 0 Å². The van der Waals surface area contributed by atoms with E-state index in [0.717, 1.165) is 50.1 Å². The van der Waals surface area contributed by atoms with Crippen molar-refractivity contribution in [3.05, 3.63) is 211 Å². The minimum Gasteiger partial charge on any atom is -0.455 e. The van der Waals surface area contributed by atoms with Gasteiger partial charge in [-0.2, -0.15) is 0 Å². The van der Waals surface area contributed by atoms with Gasteiger partial charge in [-0.25, -0.2) is 0 Å². The second-order valence-electron chi connectivity index (χ2n) is 17.3. The Labute approximate surface area is 353 Å². The van der Waals surface area contributed by atoms with Gasteiger partial charge in [0.25, 0.3) is 0 Å². The summed E-state index contributed by atoms with van der Waals surface area (Å²) in [5.41, 5.74) is 12.5. The van der Waals surface area contributed by atoms with Gasteiger partial charge in [0.2, 0.25) is 0 Å². The molecule has 0 saturated carbocycles. The number of anilines is 3. The molecule has 11 aromatic carbocycles. The lowest BCUT2D eigenvalue weighted by atomic mass is 9.82. The summed E-state index contributed by atoms with van der Waals surface area (Å²) >= 11 is 0. The normalized spacial score (nSPS) is 13.2. The molecule has 2 nitrogen and oxygen atoms in total. The zero-order valence-electron chi connectivity index (χ0n) is 33.9. The van der Waals surface area contributed by atoms with Crippen molar-refractivity contribution in [1.82, 2.24) is 0 Å². The summed E-state index contributed by atoms with van der Waals surface area (Å²) in [6.45, 7) is 4.70. The lowest BCUT2D eigenvalue weighted by molar-refractivity contribution is 0.660. The van der Waals surface area contributed by atoms with Crippen molar-refractivity contribution in [2.75, 3.05) is 4.90 Å². The van der Waals surface area contributed by atoms with Crippen LogP contribution in [-0.4, -0.2) is 0 Å². The van der Waals surface area contributed by atoms with E-state index in [1.807, 2.05) is 0 Å². The molecule has 13 rings (SSSR count). The molecule has 1 heterocycles. The zero-order chi connectivity index (χ0) is 40.4. The van der Waals surface area contributed by atoms with E-state index in [0.29, 0.717) is 0 Å². The maximum absolute atomic E-state index is 7.17. The molecular weight excluding hydrogens is 739 g/mol. The molecule has 0 amide bonds. The fraction of sp³-hybridized carbons (Fsp3) is 0.0508. The number of hydrogen-bond acceptors (Lipinski definition) is 2. The summed E-state index contributed by atoms with van der Waals surface area (Å²) < 4.78 is 7.17. The Morgan fingerprint density at radius 1 is 0.361 bits per heavy atom. The van der Waals surface area contributed by atoms with Crippen molar-refractivity contribution < 1.29 is 4.42 Å². The third kappa shape index (κ3) is 4.97. The second kappa shape index (κ2) is 12.7. The Balaban J connectivity index is 1.04. The highest BCUT2D eigenvalue weighted by Gasteiger charge is 2.36. The van der Waals surface area contributed by atoms with Crippen LogP contribution >= 0.6 is 0 Å². The van der Waals surface area contributed by atoms with E-state index in [9.17, 15) is 0 Å². The van der Waals surface area contributed by atoms with Gasteiger partial charge in [-0.05, 0) is 130 Å². The Bertz CT molecular complexity index is 3780. The lowest BCUT2D eigenvalue weighted by Gasteiger charge is -2.28. The lowest BCUT2D eigenvalue weighted by Crippen LogP contribution is -2.16. The van der Waals surface area contributed by atoms with Crippen LogP contribution in [0.15, 0.2) is 205 Å². The molecule has 0 atom stereocenters. The van der Waals surface area contributed by atoms with Crippen LogP contribution in [0.5, 0.6) is 0 Å². The zero-order valence-corrected chi connectivity index (χ0v) is 33.9. The van der Waals surface area contributed by atoms with E-state index in [4.69, 9.17) is 4.42 Å². The van der Waals surface area contributed by atoms with Crippen LogP contribution in [0.25, 0.3) is 98.1 Å². The van der Waals surface area contributed by atoms with Gasteiger partial charge in [0.15, 0.2) is 0 Å². The molecule has 1 aromatic heterocycles. The average Bonchev–Trinajstić information content (AvgIpc) is 3.78. The van der Waals surface area contributed by atoms with Crippen molar-refractivity contribution in [3.63, 3.8) is 0 Å². The smallest absolute Gasteiger partial charge is 0.143 e. The van der Waals surface area contributed by atoms with Crippen molar-refractivity contribution >= 4 is 92.9 Å². The van der Waals surface area contributed by atoms with Gasteiger partial charge in [0, 0.05) is 44.9 Å². The summed E-state index contributed by atoms with van der Waals surface area (Å²) in [5.74, 6) is 0. The topological polar surface area (TPSA) is 16.4 Å². The van der Waals surface area contributed by atoms with Crippen LogP contribution < -0.4 is 4.90 Å². The first-order valence-corrected chi connectivity index (χ1v) is 21.2. The Morgan fingerprint density at radius 3 is 1.70 bits per heavy atom. The number of fused-ring (bicyclic) bond motifs is 14. The predicted octanol–water partition coefficient (Wildman–Crippen LogP) is 16.8. The highest BCUT2D eigenvalue weighted by atomic mass is 16.3. The van der Waals surface area contributed by atoms with Crippen LogP contribution in [0.3, 0.4) is 0 Å². The molecule has 61 heavy (non-hydrogen) atoms. The molecule has 0 fully saturated rings. The molecule has 1 aliphatic carbocycles. The fourth-order valence-electron chi connectivity index (χ4n) is 10.6. The van der Waals surface area contributed by atoms with Crippen molar-refractivity contribution in [1.29, 1.82) is 0 Å². The van der Waals surface area contributed by atoms with Gasteiger partial charge in [-0.3, -0.25) is 0 Å². The summed E-state index contributed by atoms with van der Waals surface area (Å²) in [4.78, 5) is 2.40. The molecule has 286 valence electrons. The quantitative estimate of drug-likeness (QED) is 0.166. The first-order chi connectivity index (χ1) is 30.0. The van der Waals surface area contributed by atoms with Gasteiger partial charge < -0.3 is 9.32 Å². The van der Waals surface area contributed by atoms with E-state index in [2.05, 4.69) is 219 Å². The van der Waals surface area contributed by atoms with Gasteiger partial charge in [-0.1, -0.05) is 159 Å². The van der Waals surface area contributed by atoms with E-state index in [1.54, 1.807) is 0 Å². The number of nitrogens with zero attached hydrogens (tertiary/aromatic N) is 1.